The minimum absolute atomic E-state index is 0.110. The van der Waals surface area contributed by atoms with Crippen LogP contribution in [-0.4, -0.2) is 20.6 Å². The van der Waals surface area contributed by atoms with Gasteiger partial charge < -0.3 is 14.4 Å². The maximum absolute atomic E-state index is 13.2. The Balaban J connectivity index is 1.79. The number of aryl methyl sites for hydroxylation is 2. The summed E-state index contributed by atoms with van der Waals surface area (Å²) in [5.41, 5.74) is 4.44. The molecule has 6 heteroatoms. The van der Waals surface area contributed by atoms with Gasteiger partial charge in [-0.1, -0.05) is 26.8 Å². The number of carbonyl (C=O) groups excluding carboxylic acids is 1. The lowest BCUT2D eigenvalue weighted by atomic mass is 9.86. The van der Waals surface area contributed by atoms with Gasteiger partial charge in [-0.05, 0) is 48.6 Å². The zero-order valence-electron chi connectivity index (χ0n) is 17.4. The first kappa shape index (κ1) is 19.0. The highest BCUT2D eigenvalue weighted by atomic mass is 16.6. The summed E-state index contributed by atoms with van der Waals surface area (Å²) in [4.78, 5) is 30.5. The molecule has 0 spiro atoms. The summed E-state index contributed by atoms with van der Waals surface area (Å²) in [6.07, 6.45) is 1.96. The molecule has 2 aliphatic rings. The average molecular weight is 404 g/mol. The van der Waals surface area contributed by atoms with Crippen LogP contribution < -0.4 is 5.56 Å². The number of fused-ring (bicyclic) bond motifs is 5. The molecule has 0 amide bonds. The normalized spacial score (nSPS) is 19.4. The van der Waals surface area contributed by atoms with E-state index in [-0.39, 0.29) is 18.6 Å². The number of cyclic esters (lactones) is 1. The second-order valence-electron chi connectivity index (χ2n) is 8.13. The van der Waals surface area contributed by atoms with E-state index >= 15 is 0 Å². The lowest BCUT2D eigenvalue weighted by molar-refractivity contribution is -0.172. The standard InChI is InChI=1S/C24H24N2O4/c1-4-13-7-14(5-2)20-15(8-13)9-16-11-26-19(21(16)25-20)10-18-17(22(26)27)12-30-23(28)24(18,29)6-3/h7-10,29H,4-6,11-12H2,1-3H3/t24-/m0/s1. The van der Waals surface area contributed by atoms with E-state index in [4.69, 9.17) is 9.72 Å². The number of ether oxygens (including phenoxy) is 1. The molecule has 1 aromatic carbocycles. The van der Waals surface area contributed by atoms with Gasteiger partial charge in [-0.15, -0.1) is 0 Å². The Kier molecular flexibility index (Phi) is 4.12. The molecular weight excluding hydrogens is 380 g/mol. The van der Waals surface area contributed by atoms with Crippen LogP contribution in [-0.2, 0) is 41.1 Å². The van der Waals surface area contributed by atoms with Gasteiger partial charge in [0.2, 0.25) is 0 Å². The number of hydrogen-bond donors (Lipinski definition) is 1. The van der Waals surface area contributed by atoms with Crippen molar-refractivity contribution in [3.05, 3.63) is 62.4 Å². The Morgan fingerprint density at radius 2 is 1.93 bits per heavy atom. The molecule has 0 unspecified atom stereocenters. The lowest BCUT2D eigenvalue weighted by Gasteiger charge is -2.31. The summed E-state index contributed by atoms with van der Waals surface area (Å²) in [6, 6.07) is 8.25. The summed E-state index contributed by atoms with van der Waals surface area (Å²) in [5.74, 6) is -0.702. The molecule has 0 bridgehead atoms. The number of aromatic nitrogens is 2. The smallest absolute Gasteiger partial charge is 0.343 e. The van der Waals surface area contributed by atoms with Crippen LogP contribution >= 0.6 is 0 Å². The van der Waals surface area contributed by atoms with Crippen molar-refractivity contribution in [2.45, 2.75) is 58.8 Å². The first-order valence-corrected chi connectivity index (χ1v) is 10.5. The van der Waals surface area contributed by atoms with Gasteiger partial charge in [0.1, 0.15) is 6.61 Å². The van der Waals surface area contributed by atoms with E-state index in [9.17, 15) is 14.7 Å². The maximum atomic E-state index is 13.2. The minimum Gasteiger partial charge on any atom is -0.458 e. The Labute approximate surface area is 174 Å². The molecule has 5 rings (SSSR count). The van der Waals surface area contributed by atoms with Crippen molar-refractivity contribution in [2.24, 2.45) is 0 Å². The molecule has 0 saturated carbocycles. The molecule has 3 aromatic rings. The van der Waals surface area contributed by atoms with E-state index < -0.39 is 11.6 Å². The van der Waals surface area contributed by atoms with Crippen molar-refractivity contribution in [2.75, 3.05) is 0 Å². The van der Waals surface area contributed by atoms with Crippen LogP contribution in [0.25, 0.3) is 22.3 Å². The fourth-order valence-electron chi connectivity index (χ4n) is 4.71. The average Bonchev–Trinajstić information content (AvgIpc) is 3.12. The van der Waals surface area contributed by atoms with E-state index in [1.165, 1.54) is 11.1 Å². The molecular formula is C24H24N2O4. The second kappa shape index (κ2) is 6.51. The highest BCUT2D eigenvalue weighted by Crippen LogP contribution is 2.39. The largest absolute Gasteiger partial charge is 0.458 e. The van der Waals surface area contributed by atoms with Gasteiger partial charge >= 0.3 is 5.97 Å². The van der Waals surface area contributed by atoms with E-state index in [1.54, 1.807) is 17.6 Å². The van der Waals surface area contributed by atoms with Crippen molar-refractivity contribution in [3.8, 4) is 11.4 Å². The van der Waals surface area contributed by atoms with Crippen molar-refractivity contribution >= 4 is 16.9 Å². The van der Waals surface area contributed by atoms with E-state index in [0.717, 1.165) is 35.0 Å². The van der Waals surface area contributed by atoms with Crippen LogP contribution in [0.4, 0.5) is 0 Å². The van der Waals surface area contributed by atoms with Gasteiger partial charge in [0.15, 0.2) is 5.60 Å². The van der Waals surface area contributed by atoms with Crippen LogP contribution in [0.2, 0.25) is 0 Å². The number of pyridine rings is 2. The van der Waals surface area contributed by atoms with Crippen molar-refractivity contribution in [1.82, 2.24) is 9.55 Å². The number of benzene rings is 1. The van der Waals surface area contributed by atoms with Crippen LogP contribution in [0.1, 0.15) is 55.0 Å². The second-order valence-corrected chi connectivity index (χ2v) is 8.13. The monoisotopic (exact) mass is 404 g/mol. The highest BCUT2D eigenvalue weighted by Gasteiger charge is 2.45. The lowest BCUT2D eigenvalue weighted by Crippen LogP contribution is -2.44. The Bertz CT molecular complexity index is 1290. The third kappa shape index (κ3) is 2.43. The quantitative estimate of drug-likeness (QED) is 0.531. The summed E-state index contributed by atoms with van der Waals surface area (Å²) >= 11 is 0. The maximum Gasteiger partial charge on any atom is 0.343 e. The van der Waals surface area contributed by atoms with E-state index in [1.807, 2.05) is 0 Å². The molecule has 6 nitrogen and oxygen atoms in total. The first-order chi connectivity index (χ1) is 14.4. The first-order valence-electron chi connectivity index (χ1n) is 10.5. The minimum atomic E-state index is -1.80. The number of esters is 1. The number of carbonyl (C=O) groups is 1. The third-order valence-corrected chi connectivity index (χ3v) is 6.54. The fourth-order valence-corrected chi connectivity index (χ4v) is 4.71. The van der Waals surface area contributed by atoms with Gasteiger partial charge in [0.05, 0.1) is 29.0 Å². The molecule has 0 saturated heterocycles. The van der Waals surface area contributed by atoms with Crippen molar-refractivity contribution in [1.29, 1.82) is 0 Å². The number of aliphatic hydroxyl groups is 1. The fraction of sp³-hybridized carbons (Fsp3) is 0.375. The van der Waals surface area contributed by atoms with Crippen molar-refractivity contribution < 1.29 is 14.6 Å². The van der Waals surface area contributed by atoms with Gasteiger partial charge in [0, 0.05) is 16.5 Å². The number of hydrogen-bond acceptors (Lipinski definition) is 5. The molecule has 0 aliphatic carbocycles. The molecule has 30 heavy (non-hydrogen) atoms. The Hall–Kier alpha value is -2.99. The molecule has 1 atom stereocenters. The van der Waals surface area contributed by atoms with Gasteiger partial charge in [-0.2, -0.15) is 0 Å². The topological polar surface area (TPSA) is 81.4 Å². The third-order valence-electron chi connectivity index (χ3n) is 6.54. The zero-order valence-corrected chi connectivity index (χ0v) is 17.4. The predicted octanol–water partition coefficient (Wildman–Crippen LogP) is 3.20. The van der Waals surface area contributed by atoms with E-state index in [2.05, 4.69) is 32.0 Å². The predicted molar refractivity (Wildman–Crippen MR) is 113 cm³/mol. The van der Waals surface area contributed by atoms with Crippen LogP contribution in [0.3, 0.4) is 0 Å². The Morgan fingerprint density at radius 3 is 2.63 bits per heavy atom. The van der Waals surface area contributed by atoms with Gasteiger partial charge in [-0.3, -0.25) is 4.79 Å². The number of nitrogens with zero attached hydrogens (tertiary/aromatic N) is 2. The summed E-state index contributed by atoms with van der Waals surface area (Å²) in [5, 5.41) is 12.1. The van der Waals surface area contributed by atoms with Gasteiger partial charge in [-0.25, -0.2) is 9.78 Å². The molecule has 2 aliphatic heterocycles. The summed E-state index contributed by atoms with van der Waals surface area (Å²) in [6.45, 7) is 6.28. The molecule has 4 heterocycles. The van der Waals surface area contributed by atoms with Gasteiger partial charge in [0.25, 0.3) is 5.56 Å². The summed E-state index contributed by atoms with van der Waals surface area (Å²) < 4.78 is 6.81. The van der Waals surface area contributed by atoms with Crippen LogP contribution in [0, 0.1) is 0 Å². The van der Waals surface area contributed by atoms with Crippen LogP contribution in [0.15, 0.2) is 29.1 Å². The molecule has 0 fully saturated rings. The van der Waals surface area contributed by atoms with Crippen molar-refractivity contribution in [3.63, 3.8) is 0 Å². The molecule has 1 N–H and O–H groups in total. The van der Waals surface area contributed by atoms with Crippen LogP contribution in [0.5, 0.6) is 0 Å². The molecule has 0 radical (unpaired) electrons. The SMILES string of the molecule is CCc1cc(CC)c2nc3c(cc2c1)Cn1c-3cc2c(c1=O)COC(=O)[C@]2(O)CC. The number of rotatable bonds is 3. The zero-order chi connectivity index (χ0) is 21.2. The summed E-state index contributed by atoms with van der Waals surface area (Å²) in [7, 11) is 0. The molecule has 154 valence electrons. The van der Waals surface area contributed by atoms with E-state index in [0.29, 0.717) is 23.4 Å². The Morgan fingerprint density at radius 1 is 1.13 bits per heavy atom. The molecule has 2 aromatic heterocycles. The highest BCUT2D eigenvalue weighted by molar-refractivity contribution is 5.88.